The van der Waals surface area contributed by atoms with Crippen LogP contribution in [0.25, 0.3) is 10.9 Å². The Bertz CT molecular complexity index is 961. The van der Waals surface area contributed by atoms with Crippen LogP contribution in [0.15, 0.2) is 48.5 Å². The van der Waals surface area contributed by atoms with Crippen LogP contribution in [0.3, 0.4) is 0 Å². The molecule has 2 N–H and O–H groups in total. The third-order valence-electron chi connectivity index (χ3n) is 5.14. The van der Waals surface area contributed by atoms with Crippen LogP contribution in [0.2, 0.25) is 0 Å². The smallest absolute Gasteiger partial charge is 0.318 e. The predicted molar refractivity (Wildman–Crippen MR) is 105 cm³/mol. The molecule has 0 saturated carbocycles. The first-order valence-corrected chi connectivity index (χ1v) is 9.44. The molecule has 3 aromatic rings. The molecule has 2 aromatic carbocycles. The molecule has 1 aliphatic rings. The van der Waals surface area contributed by atoms with Gasteiger partial charge in [0.05, 0.1) is 6.04 Å². The zero-order valence-electron chi connectivity index (χ0n) is 15.6. The fraction of sp³-hybridized carbons (Fsp3) is 0.318. The molecule has 0 fully saturated rings. The quantitative estimate of drug-likeness (QED) is 0.699. The summed E-state index contributed by atoms with van der Waals surface area (Å²) in [4.78, 5) is 18.3. The normalized spacial score (nSPS) is 16.6. The number of aromatic amines is 1. The monoisotopic (exact) mass is 365 g/mol. The van der Waals surface area contributed by atoms with Crippen molar-refractivity contribution in [2.24, 2.45) is 5.92 Å². The van der Waals surface area contributed by atoms with Crippen molar-refractivity contribution < 1.29 is 9.18 Å². The van der Waals surface area contributed by atoms with Crippen molar-refractivity contribution in [3.8, 4) is 0 Å². The van der Waals surface area contributed by atoms with E-state index in [2.05, 4.69) is 36.3 Å². The number of benzene rings is 2. The number of carbonyl (C=O) groups excluding carboxylic acids is 1. The van der Waals surface area contributed by atoms with Gasteiger partial charge in [-0.3, -0.25) is 0 Å². The Kier molecular flexibility index (Phi) is 4.60. The van der Waals surface area contributed by atoms with E-state index in [0.29, 0.717) is 19.0 Å². The first kappa shape index (κ1) is 17.6. The summed E-state index contributed by atoms with van der Waals surface area (Å²) >= 11 is 0. The molecule has 0 aliphatic carbocycles. The molecule has 1 aliphatic heterocycles. The third-order valence-corrected chi connectivity index (χ3v) is 5.14. The largest absolute Gasteiger partial charge is 0.356 e. The van der Waals surface area contributed by atoms with Crippen LogP contribution in [0.4, 0.5) is 9.18 Å². The molecule has 0 spiro atoms. The van der Waals surface area contributed by atoms with Crippen molar-refractivity contribution in [3.63, 3.8) is 0 Å². The number of halogens is 1. The van der Waals surface area contributed by atoms with E-state index in [4.69, 9.17) is 0 Å². The van der Waals surface area contributed by atoms with E-state index in [1.54, 1.807) is 12.1 Å². The number of rotatable bonds is 3. The SMILES string of the molecule is CC(C)CNC(=O)N1CCc2c([nH]c3ccccc23)[C@@H]1c1ccc(F)cc1. The molecule has 2 amide bonds. The van der Waals surface area contributed by atoms with Crippen molar-refractivity contribution in [3.05, 3.63) is 71.2 Å². The van der Waals surface area contributed by atoms with Gasteiger partial charge in [-0.05, 0) is 41.7 Å². The number of fused-ring (bicyclic) bond motifs is 3. The lowest BCUT2D eigenvalue weighted by Gasteiger charge is -2.36. The molecule has 27 heavy (non-hydrogen) atoms. The minimum Gasteiger partial charge on any atom is -0.356 e. The maximum absolute atomic E-state index is 13.5. The molecular formula is C22H24FN3O. The lowest BCUT2D eigenvalue weighted by Crippen LogP contribution is -2.46. The van der Waals surface area contributed by atoms with Crippen molar-refractivity contribution in [2.75, 3.05) is 13.1 Å². The lowest BCUT2D eigenvalue weighted by atomic mass is 9.92. The van der Waals surface area contributed by atoms with Gasteiger partial charge in [-0.1, -0.05) is 44.2 Å². The van der Waals surface area contributed by atoms with Gasteiger partial charge >= 0.3 is 6.03 Å². The Morgan fingerprint density at radius 1 is 1.22 bits per heavy atom. The molecule has 0 bridgehead atoms. The molecule has 4 rings (SSSR count). The molecule has 2 heterocycles. The van der Waals surface area contributed by atoms with Crippen LogP contribution in [0.5, 0.6) is 0 Å². The van der Waals surface area contributed by atoms with Gasteiger partial charge in [0.1, 0.15) is 5.82 Å². The number of amides is 2. The van der Waals surface area contributed by atoms with E-state index in [1.807, 2.05) is 17.0 Å². The van der Waals surface area contributed by atoms with Crippen LogP contribution in [-0.2, 0) is 6.42 Å². The fourth-order valence-corrected chi connectivity index (χ4v) is 3.84. The summed E-state index contributed by atoms with van der Waals surface area (Å²) in [5.74, 6) is 0.105. The standard InChI is InChI=1S/C22H24FN3O/c1-14(2)13-24-22(27)26-12-11-18-17-5-3-4-6-19(17)25-20(18)21(26)15-7-9-16(23)10-8-15/h3-10,14,21,25H,11-13H2,1-2H3,(H,24,27)/t21-/m0/s1. The van der Waals surface area contributed by atoms with Crippen molar-refractivity contribution in [2.45, 2.75) is 26.3 Å². The minimum atomic E-state index is -0.276. The van der Waals surface area contributed by atoms with E-state index in [-0.39, 0.29) is 17.9 Å². The molecule has 0 saturated heterocycles. The topological polar surface area (TPSA) is 48.1 Å². The van der Waals surface area contributed by atoms with Crippen LogP contribution in [-0.4, -0.2) is 29.0 Å². The number of carbonyl (C=O) groups is 1. The highest BCUT2D eigenvalue weighted by molar-refractivity contribution is 5.86. The van der Waals surface area contributed by atoms with E-state index >= 15 is 0 Å². The Hall–Kier alpha value is -2.82. The number of para-hydroxylation sites is 1. The third kappa shape index (κ3) is 3.29. The number of hydrogen-bond donors (Lipinski definition) is 2. The highest BCUT2D eigenvalue weighted by atomic mass is 19.1. The summed E-state index contributed by atoms with van der Waals surface area (Å²) in [7, 11) is 0. The average molecular weight is 365 g/mol. The summed E-state index contributed by atoms with van der Waals surface area (Å²) in [6.45, 7) is 5.40. The Labute approximate surface area is 158 Å². The second-order valence-corrected chi connectivity index (χ2v) is 7.54. The second kappa shape index (κ2) is 7.06. The first-order valence-electron chi connectivity index (χ1n) is 9.44. The highest BCUT2D eigenvalue weighted by Crippen LogP contribution is 2.38. The summed E-state index contributed by atoms with van der Waals surface area (Å²) in [5.41, 5.74) is 4.24. The van der Waals surface area contributed by atoms with Gasteiger partial charge in [0, 0.05) is 29.7 Å². The fourth-order valence-electron chi connectivity index (χ4n) is 3.84. The van der Waals surface area contributed by atoms with Crippen LogP contribution >= 0.6 is 0 Å². The first-order chi connectivity index (χ1) is 13.0. The maximum atomic E-state index is 13.5. The van der Waals surface area contributed by atoms with Crippen LogP contribution < -0.4 is 5.32 Å². The summed E-state index contributed by atoms with van der Waals surface area (Å²) < 4.78 is 13.5. The predicted octanol–water partition coefficient (Wildman–Crippen LogP) is 4.62. The zero-order valence-corrected chi connectivity index (χ0v) is 15.6. The summed E-state index contributed by atoms with van der Waals surface area (Å²) in [6.07, 6.45) is 0.798. The molecular weight excluding hydrogens is 341 g/mol. The van der Waals surface area contributed by atoms with Crippen molar-refractivity contribution in [1.29, 1.82) is 0 Å². The van der Waals surface area contributed by atoms with Gasteiger partial charge in [-0.25, -0.2) is 9.18 Å². The molecule has 140 valence electrons. The van der Waals surface area contributed by atoms with E-state index < -0.39 is 0 Å². The molecule has 5 heteroatoms. The number of nitrogens with zero attached hydrogens (tertiary/aromatic N) is 1. The van der Waals surface area contributed by atoms with E-state index in [1.165, 1.54) is 23.1 Å². The highest BCUT2D eigenvalue weighted by Gasteiger charge is 2.34. The minimum absolute atomic E-state index is 0.0812. The molecule has 1 atom stereocenters. The number of aromatic nitrogens is 1. The summed E-state index contributed by atoms with van der Waals surface area (Å²) in [6, 6.07) is 14.3. The van der Waals surface area contributed by atoms with Gasteiger partial charge in [-0.15, -0.1) is 0 Å². The maximum Gasteiger partial charge on any atom is 0.318 e. The Balaban J connectivity index is 1.78. The van der Waals surface area contributed by atoms with Gasteiger partial charge in [-0.2, -0.15) is 0 Å². The van der Waals surface area contributed by atoms with Crippen LogP contribution in [0, 0.1) is 11.7 Å². The van der Waals surface area contributed by atoms with E-state index in [0.717, 1.165) is 23.2 Å². The van der Waals surface area contributed by atoms with Crippen LogP contribution in [0.1, 0.15) is 36.7 Å². The Morgan fingerprint density at radius 3 is 2.70 bits per heavy atom. The average Bonchev–Trinajstić information content (AvgIpc) is 3.05. The number of urea groups is 1. The van der Waals surface area contributed by atoms with Crippen molar-refractivity contribution in [1.82, 2.24) is 15.2 Å². The molecule has 0 unspecified atom stereocenters. The number of hydrogen-bond acceptors (Lipinski definition) is 1. The van der Waals surface area contributed by atoms with E-state index in [9.17, 15) is 9.18 Å². The zero-order chi connectivity index (χ0) is 19.0. The molecule has 0 radical (unpaired) electrons. The second-order valence-electron chi connectivity index (χ2n) is 7.54. The van der Waals surface area contributed by atoms with Gasteiger partial charge in [0.15, 0.2) is 0 Å². The van der Waals surface area contributed by atoms with Crippen molar-refractivity contribution >= 4 is 16.9 Å². The lowest BCUT2D eigenvalue weighted by molar-refractivity contribution is 0.178. The Morgan fingerprint density at radius 2 is 1.96 bits per heavy atom. The molecule has 4 nitrogen and oxygen atoms in total. The molecule has 1 aromatic heterocycles. The van der Waals surface area contributed by atoms with Gasteiger partial charge < -0.3 is 15.2 Å². The van der Waals surface area contributed by atoms with Gasteiger partial charge in [0.25, 0.3) is 0 Å². The van der Waals surface area contributed by atoms with Gasteiger partial charge in [0.2, 0.25) is 0 Å². The summed E-state index contributed by atoms with van der Waals surface area (Å²) in [5, 5.41) is 4.22. The number of nitrogens with one attached hydrogen (secondary N) is 2. The number of H-pyrrole nitrogens is 1.